The topological polar surface area (TPSA) is 41.5 Å². The number of aryl methyl sites for hydroxylation is 1. The Morgan fingerprint density at radius 3 is 2.61 bits per heavy atom. The number of phenols is 1. The summed E-state index contributed by atoms with van der Waals surface area (Å²) in [6, 6.07) is 2.16. The first-order valence-corrected chi connectivity index (χ1v) is 6.70. The Morgan fingerprint density at radius 1 is 1.33 bits per heavy atom. The Labute approximate surface area is 109 Å². The van der Waals surface area contributed by atoms with E-state index in [1.165, 1.54) is 12.8 Å². The van der Waals surface area contributed by atoms with Gasteiger partial charge in [0.25, 0.3) is 0 Å². The van der Waals surface area contributed by atoms with Crippen LogP contribution in [0.15, 0.2) is 6.07 Å². The molecule has 1 fully saturated rings. The molecule has 18 heavy (non-hydrogen) atoms. The number of phenolic OH excluding ortho intramolecular Hbond substituents is 1. The molecule has 0 aliphatic carbocycles. The molecule has 1 aromatic rings. The van der Waals surface area contributed by atoms with Crippen LogP contribution in [0.2, 0.25) is 0 Å². The number of aromatic hydroxyl groups is 1. The van der Waals surface area contributed by atoms with E-state index in [9.17, 15) is 5.11 Å². The summed E-state index contributed by atoms with van der Waals surface area (Å²) in [4.78, 5) is 0. The zero-order chi connectivity index (χ0) is 13.1. The van der Waals surface area contributed by atoms with Crippen molar-refractivity contribution < 1.29 is 9.84 Å². The van der Waals surface area contributed by atoms with Gasteiger partial charge in [0, 0.05) is 0 Å². The SMILES string of the molecule is COc1c(CC2CCNCC2)cc(C)c(C)c1O. The molecule has 0 aromatic heterocycles. The summed E-state index contributed by atoms with van der Waals surface area (Å²) in [6.45, 7) is 6.18. The van der Waals surface area contributed by atoms with Crippen molar-refractivity contribution in [3.8, 4) is 11.5 Å². The maximum absolute atomic E-state index is 10.2. The van der Waals surface area contributed by atoms with Gasteiger partial charge in [-0.25, -0.2) is 0 Å². The molecule has 0 saturated carbocycles. The molecule has 3 heteroatoms. The smallest absolute Gasteiger partial charge is 0.163 e. The third-order valence-corrected chi connectivity index (χ3v) is 4.02. The molecule has 0 bridgehead atoms. The van der Waals surface area contributed by atoms with Crippen molar-refractivity contribution in [2.75, 3.05) is 20.2 Å². The van der Waals surface area contributed by atoms with Gasteiger partial charge in [-0.3, -0.25) is 0 Å². The lowest BCUT2D eigenvalue weighted by atomic mass is 9.89. The Bertz CT molecular complexity index is 423. The lowest BCUT2D eigenvalue weighted by molar-refractivity contribution is 0.347. The molecule has 1 aliphatic rings. The molecule has 0 amide bonds. The van der Waals surface area contributed by atoms with Crippen molar-refractivity contribution in [3.05, 3.63) is 22.8 Å². The van der Waals surface area contributed by atoms with Crippen molar-refractivity contribution in [2.45, 2.75) is 33.1 Å². The number of rotatable bonds is 3. The van der Waals surface area contributed by atoms with E-state index in [0.717, 1.165) is 36.2 Å². The largest absolute Gasteiger partial charge is 0.504 e. The average Bonchev–Trinajstić information content (AvgIpc) is 2.38. The van der Waals surface area contributed by atoms with Crippen molar-refractivity contribution >= 4 is 0 Å². The normalized spacial score (nSPS) is 16.8. The monoisotopic (exact) mass is 249 g/mol. The number of hydrogen-bond acceptors (Lipinski definition) is 3. The number of benzene rings is 1. The van der Waals surface area contributed by atoms with Crippen molar-refractivity contribution in [1.82, 2.24) is 5.32 Å². The summed E-state index contributed by atoms with van der Waals surface area (Å²) in [5, 5.41) is 13.5. The van der Waals surface area contributed by atoms with Gasteiger partial charge in [-0.2, -0.15) is 0 Å². The van der Waals surface area contributed by atoms with Crippen LogP contribution in [-0.2, 0) is 6.42 Å². The van der Waals surface area contributed by atoms with Gasteiger partial charge in [0.15, 0.2) is 11.5 Å². The van der Waals surface area contributed by atoms with E-state index in [0.29, 0.717) is 17.4 Å². The summed E-state index contributed by atoms with van der Waals surface area (Å²) in [5.74, 6) is 1.67. The van der Waals surface area contributed by atoms with Gasteiger partial charge in [0.05, 0.1) is 7.11 Å². The number of ether oxygens (including phenoxy) is 1. The van der Waals surface area contributed by atoms with Gasteiger partial charge in [-0.05, 0) is 68.8 Å². The van der Waals surface area contributed by atoms with Crippen LogP contribution >= 0.6 is 0 Å². The molecule has 0 atom stereocenters. The van der Waals surface area contributed by atoms with Crippen LogP contribution in [0.1, 0.15) is 29.5 Å². The molecule has 100 valence electrons. The standard InChI is InChI=1S/C15H23NO2/c1-10-8-13(9-12-4-6-16-7-5-12)15(18-3)14(17)11(10)2/h8,12,16-17H,4-7,9H2,1-3H3. The van der Waals surface area contributed by atoms with Crippen LogP contribution in [0.5, 0.6) is 11.5 Å². The van der Waals surface area contributed by atoms with Crippen LogP contribution in [-0.4, -0.2) is 25.3 Å². The summed E-state index contributed by atoms with van der Waals surface area (Å²) in [7, 11) is 1.63. The highest BCUT2D eigenvalue weighted by Crippen LogP contribution is 2.37. The van der Waals surface area contributed by atoms with E-state index in [4.69, 9.17) is 4.74 Å². The number of nitrogens with one attached hydrogen (secondary N) is 1. The first-order valence-electron chi connectivity index (χ1n) is 6.70. The quantitative estimate of drug-likeness (QED) is 0.865. The lowest BCUT2D eigenvalue weighted by Gasteiger charge is -2.24. The van der Waals surface area contributed by atoms with Crippen molar-refractivity contribution in [3.63, 3.8) is 0 Å². The van der Waals surface area contributed by atoms with Gasteiger partial charge in [0.2, 0.25) is 0 Å². The number of piperidine rings is 1. The maximum atomic E-state index is 10.2. The molecule has 1 aliphatic heterocycles. The molecule has 0 unspecified atom stereocenters. The minimum atomic E-state index is 0.307. The summed E-state index contributed by atoms with van der Waals surface area (Å²) >= 11 is 0. The van der Waals surface area contributed by atoms with Crippen LogP contribution in [0, 0.1) is 19.8 Å². The zero-order valence-corrected chi connectivity index (χ0v) is 11.5. The third kappa shape index (κ3) is 2.61. The molecule has 1 heterocycles. The van der Waals surface area contributed by atoms with E-state index in [1.54, 1.807) is 7.11 Å². The van der Waals surface area contributed by atoms with Gasteiger partial charge >= 0.3 is 0 Å². The zero-order valence-electron chi connectivity index (χ0n) is 11.5. The predicted octanol–water partition coefficient (Wildman–Crippen LogP) is 2.56. The minimum Gasteiger partial charge on any atom is -0.504 e. The molecule has 0 radical (unpaired) electrons. The fourth-order valence-electron chi connectivity index (χ4n) is 2.72. The second-order valence-corrected chi connectivity index (χ2v) is 5.26. The highest BCUT2D eigenvalue weighted by atomic mass is 16.5. The van der Waals surface area contributed by atoms with E-state index < -0.39 is 0 Å². The Balaban J connectivity index is 2.25. The fourth-order valence-corrected chi connectivity index (χ4v) is 2.72. The van der Waals surface area contributed by atoms with Gasteiger partial charge in [0.1, 0.15) is 0 Å². The van der Waals surface area contributed by atoms with E-state index in [2.05, 4.69) is 11.4 Å². The van der Waals surface area contributed by atoms with Crippen LogP contribution < -0.4 is 10.1 Å². The van der Waals surface area contributed by atoms with Crippen molar-refractivity contribution in [1.29, 1.82) is 0 Å². The molecule has 3 nitrogen and oxygen atoms in total. The Kier molecular flexibility index (Phi) is 4.12. The van der Waals surface area contributed by atoms with E-state index in [-0.39, 0.29) is 0 Å². The molecular weight excluding hydrogens is 226 g/mol. The molecule has 2 N–H and O–H groups in total. The van der Waals surface area contributed by atoms with Crippen LogP contribution in [0.3, 0.4) is 0 Å². The highest BCUT2D eigenvalue weighted by Gasteiger charge is 2.19. The lowest BCUT2D eigenvalue weighted by Crippen LogP contribution is -2.28. The second kappa shape index (κ2) is 5.61. The van der Waals surface area contributed by atoms with Gasteiger partial charge in [-0.1, -0.05) is 6.07 Å². The predicted molar refractivity (Wildman–Crippen MR) is 73.4 cm³/mol. The first-order chi connectivity index (χ1) is 8.63. The minimum absolute atomic E-state index is 0.307. The second-order valence-electron chi connectivity index (χ2n) is 5.26. The van der Waals surface area contributed by atoms with E-state index in [1.807, 2.05) is 13.8 Å². The van der Waals surface area contributed by atoms with E-state index >= 15 is 0 Å². The summed E-state index contributed by atoms with van der Waals surface area (Å²) in [5.41, 5.74) is 3.20. The van der Waals surface area contributed by atoms with Gasteiger partial charge < -0.3 is 15.2 Å². The number of methoxy groups -OCH3 is 1. The summed E-state index contributed by atoms with van der Waals surface area (Å²) < 4.78 is 5.39. The average molecular weight is 249 g/mol. The maximum Gasteiger partial charge on any atom is 0.163 e. The van der Waals surface area contributed by atoms with Gasteiger partial charge in [-0.15, -0.1) is 0 Å². The Morgan fingerprint density at radius 2 is 2.00 bits per heavy atom. The molecule has 2 rings (SSSR count). The third-order valence-electron chi connectivity index (χ3n) is 4.02. The summed E-state index contributed by atoms with van der Waals surface area (Å²) in [6.07, 6.45) is 3.41. The van der Waals surface area contributed by atoms with Crippen LogP contribution in [0.4, 0.5) is 0 Å². The van der Waals surface area contributed by atoms with Crippen molar-refractivity contribution in [2.24, 2.45) is 5.92 Å². The molecule has 1 aromatic carbocycles. The fraction of sp³-hybridized carbons (Fsp3) is 0.600. The Hall–Kier alpha value is -1.22. The number of hydrogen-bond donors (Lipinski definition) is 2. The molecule has 1 saturated heterocycles. The highest BCUT2D eigenvalue weighted by molar-refractivity contribution is 5.54. The molecule has 0 spiro atoms. The first kappa shape index (κ1) is 13.2. The molecular formula is C15H23NO2. The van der Waals surface area contributed by atoms with Crippen LogP contribution in [0.25, 0.3) is 0 Å².